The summed E-state index contributed by atoms with van der Waals surface area (Å²) in [7, 11) is 0. The topological polar surface area (TPSA) is 62.5 Å². The molecular formula is C20H22ClN5O. The van der Waals surface area contributed by atoms with E-state index in [-0.39, 0.29) is 5.91 Å². The summed E-state index contributed by atoms with van der Waals surface area (Å²) >= 11 is 6.11. The Morgan fingerprint density at radius 2 is 2.04 bits per heavy atom. The molecule has 0 radical (unpaired) electrons. The van der Waals surface area contributed by atoms with Crippen LogP contribution in [0.1, 0.15) is 29.6 Å². The molecule has 3 heterocycles. The number of halogens is 1. The van der Waals surface area contributed by atoms with Gasteiger partial charge in [-0.3, -0.25) is 4.79 Å². The maximum absolute atomic E-state index is 12.6. The minimum atomic E-state index is -0.141. The molecule has 4 rings (SSSR count). The van der Waals surface area contributed by atoms with Crippen molar-refractivity contribution in [2.75, 3.05) is 26.2 Å². The summed E-state index contributed by atoms with van der Waals surface area (Å²) in [6.07, 6.45) is 7.08. The molecule has 140 valence electrons. The van der Waals surface area contributed by atoms with Crippen molar-refractivity contribution in [2.45, 2.75) is 19.3 Å². The summed E-state index contributed by atoms with van der Waals surface area (Å²) < 4.78 is 1.69. The summed E-state index contributed by atoms with van der Waals surface area (Å²) in [5.41, 5.74) is 2.80. The van der Waals surface area contributed by atoms with Gasteiger partial charge in [-0.25, -0.2) is 9.50 Å². The van der Waals surface area contributed by atoms with Gasteiger partial charge < -0.3 is 10.2 Å². The van der Waals surface area contributed by atoms with Crippen molar-refractivity contribution in [2.24, 2.45) is 0 Å². The normalized spacial score (nSPS) is 15.1. The fraction of sp³-hybridized carbons (Fsp3) is 0.350. The van der Waals surface area contributed by atoms with E-state index in [4.69, 9.17) is 11.6 Å². The van der Waals surface area contributed by atoms with Crippen LogP contribution in [0, 0.1) is 0 Å². The molecule has 3 aromatic rings. The van der Waals surface area contributed by atoms with Crippen LogP contribution in [0.3, 0.4) is 0 Å². The zero-order chi connectivity index (χ0) is 18.6. The van der Waals surface area contributed by atoms with E-state index in [9.17, 15) is 4.79 Å². The lowest BCUT2D eigenvalue weighted by Crippen LogP contribution is -2.37. The van der Waals surface area contributed by atoms with Crippen molar-refractivity contribution in [3.05, 3.63) is 53.3 Å². The van der Waals surface area contributed by atoms with Crippen LogP contribution in [0.2, 0.25) is 5.02 Å². The highest BCUT2D eigenvalue weighted by atomic mass is 35.5. The molecule has 0 aliphatic carbocycles. The maximum atomic E-state index is 12.6. The van der Waals surface area contributed by atoms with Crippen LogP contribution in [0.5, 0.6) is 0 Å². The van der Waals surface area contributed by atoms with Gasteiger partial charge in [0.2, 0.25) is 0 Å². The first-order valence-electron chi connectivity index (χ1n) is 9.31. The molecule has 1 aliphatic heterocycles. The quantitative estimate of drug-likeness (QED) is 0.734. The average molecular weight is 384 g/mol. The molecule has 1 fully saturated rings. The third-order valence-corrected chi connectivity index (χ3v) is 5.16. The number of likely N-dealkylation sites (tertiary alicyclic amines) is 1. The second-order valence-electron chi connectivity index (χ2n) is 6.79. The zero-order valence-electron chi connectivity index (χ0n) is 15.1. The van der Waals surface area contributed by atoms with E-state index in [1.54, 1.807) is 16.9 Å². The van der Waals surface area contributed by atoms with E-state index in [0.717, 1.165) is 30.9 Å². The number of piperidine rings is 1. The van der Waals surface area contributed by atoms with E-state index < -0.39 is 0 Å². The molecule has 0 atom stereocenters. The SMILES string of the molecule is O=C(NCCN1CCCCC1)c1cnn2c(-c3cccc(Cl)c3)ccnc12. The Hall–Kier alpha value is -2.44. The van der Waals surface area contributed by atoms with Gasteiger partial charge in [-0.05, 0) is 44.1 Å². The van der Waals surface area contributed by atoms with Gasteiger partial charge in [-0.15, -0.1) is 0 Å². The Labute approximate surface area is 163 Å². The molecule has 1 saturated heterocycles. The molecule has 27 heavy (non-hydrogen) atoms. The predicted octanol–water partition coefficient (Wildman–Crippen LogP) is 3.27. The van der Waals surface area contributed by atoms with Gasteiger partial charge in [0.1, 0.15) is 5.56 Å². The Morgan fingerprint density at radius 3 is 2.85 bits per heavy atom. The first kappa shape index (κ1) is 17.9. The van der Waals surface area contributed by atoms with E-state index >= 15 is 0 Å². The van der Waals surface area contributed by atoms with Crippen LogP contribution in [0.15, 0.2) is 42.7 Å². The number of carbonyl (C=O) groups is 1. The average Bonchev–Trinajstić information content (AvgIpc) is 3.13. The minimum Gasteiger partial charge on any atom is -0.351 e. The molecule has 1 N–H and O–H groups in total. The number of nitrogens with one attached hydrogen (secondary N) is 1. The second-order valence-corrected chi connectivity index (χ2v) is 7.23. The van der Waals surface area contributed by atoms with Crippen molar-refractivity contribution in [3.8, 4) is 11.3 Å². The van der Waals surface area contributed by atoms with Gasteiger partial charge in [-0.2, -0.15) is 5.10 Å². The molecule has 1 aromatic carbocycles. The largest absolute Gasteiger partial charge is 0.351 e. The van der Waals surface area contributed by atoms with Crippen LogP contribution in [0.25, 0.3) is 16.9 Å². The molecule has 6 nitrogen and oxygen atoms in total. The second kappa shape index (κ2) is 8.06. The maximum Gasteiger partial charge on any atom is 0.256 e. The lowest BCUT2D eigenvalue weighted by molar-refractivity contribution is 0.0948. The van der Waals surface area contributed by atoms with Crippen LogP contribution in [0.4, 0.5) is 0 Å². The highest BCUT2D eigenvalue weighted by Gasteiger charge is 2.17. The Kier molecular flexibility index (Phi) is 5.36. The number of fused-ring (bicyclic) bond motifs is 1. The van der Waals surface area contributed by atoms with Gasteiger partial charge in [0.05, 0.1) is 11.9 Å². The molecular weight excluding hydrogens is 362 g/mol. The lowest BCUT2D eigenvalue weighted by atomic mass is 10.1. The van der Waals surface area contributed by atoms with Crippen LogP contribution in [-0.2, 0) is 0 Å². The number of rotatable bonds is 5. The number of carbonyl (C=O) groups excluding carboxylic acids is 1. The van der Waals surface area contributed by atoms with Gasteiger partial charge in [0.25, 0.3) is 5.91 Å². The molecule has 7 heteroatoms. The Morgan fingerprint density at radius 1 is 1.19 bits per heavy atom. The monoisotopic (exact) mass is 383 g/mol. The summed E-state index contributed by atoms with van der Waals surface area (Å²) in [4.78, 5) is 19.4. The molecule has 2 aromatic heterocycles. The van der Waals surface area contributed by atoms with Crippen molar-refractivity contribution in [1.82, 2.24) is 24.8 Å². The first-order chi connectivity index (χ1) is 13.2. The number of aromatic nitrogens is 3. The van der Waals surface area contributed by atoms with Crippen LogP contribution in [-0.4, -0.2) is 51.6 Å². The molecule has 1 aliphatic rings. The number of amides is 1. The van der Waals surface area contributed by atoms with Gasteiger partial charge in [-0.1, -0.05) is 30.2 Å². The van der Waals surface area contributed by atoms with Gasteiger partial charge >= 0.3 is 0 Å². The predicted molar refractivity (Wildman–Crippen MR) is 106 cm³/mol. The number of hydrogen-bond donors (Lipinski definition) is 1. The van der Waals surface area contributed by atoms with Crippen molar-refractivity contribution < 1.29 is 4.79 Å². The fourth-order valence-corrected chi connectivity index (χ4v) is 3.71. The molecule has 0 saturated carbocycles. The summed E-state index contributed by atoms with van der Waals surface area (Å²) in [5, 5.41) is 8.03. The Bertz CT molecular complexity index is 948. The lowest BCUT2D eigenvalue weighted by Gasteiger charge is -2.26. The third-order valence-electron chi connectivity index (χ3n) is 4.93. The van der Waals surface area contributed by atoms with Crippen LogP contribution >= 0.6 is 11.6 Å². The van der Waals surface area contributed by atoms with Gasteiger partial charge in [0.15, 0.2) is 5.65 Å². The highest BCUT2D eigenvalue weighted by molar-refractivity contribution is 6.30. The third kappa shape index (κ3) is 3.96. The summed E-state index contributed by atoms with van der Waals surface area (Å²) in [6, 6.07) is 9.41. The molecule has 1 amide bonds. The number of nitrogens with zero attached hydrogens (tertiary/aromatic N) is 4. The van der Waals surface area contributed by atoms with Crippen LogP contribution < -0.4 is 5.32 Å². The molecule has 0 unspecified atom stereocenters. The summed E-state index contributed by atoms with van der Waals surface area (Å²) in [5.74, 6) is -0.141. The number of hydrogen-bond acceptors (Lipinski definition) is 4. The van der Waals surface area contributed by atoms with Crippen molar-refractivity contribution in [1.29, 1.82) is 0 Å². The van der Waals surface area contributed by atoms with Gasteiger partial charge in [0, 0.05) is 29.9 Å². The minimum absolute atomic E-state index is 0.141. The highest BCUT2D eigenvalue weighted by Crippen LogP contribution is 2.23. The van der Waals surface area contributed by atoms with Crippen molar-refractivity contribution in [3.63, 3.8) is 0 Å². The number of benzene rings is 1. The molecule has 0 spiro atoms. The Balaban J connectivity index is 1.51. The van der Waals surface area contributed by atoms with E-state index in [1.165, 1.54) is 19.3 Å². The van der Waals surface area contributed by atoms with E-state index in [2.05, 4.69) is 20.3 Å². The van der Waals surface area contributed by atoms with E-state index in [1.807, 2.05) is 30.3 Å². The smallest absolute Gasteiger partial charge is 0.256 e. The van der Waals surface area contributed by atoms with Crippen molar-refractivity contribution >= 4 is 23.2 Å². The summed E-state index contributed by atoms with van der Waals surface area (Å²) in [6.45, 7) is 3.75. The first-order valence-corrected chi connectivity index (χ1v) is 9.69. The standard InChI is InChI=1S/C20H22ClN5O/c21-16-6-4-5-15(13-16)18-7-8-22-19-17(14-24-26(18)19)20(27)23-9-12-25-10-2-1-3-11-25/h4-8,13-14H,1-3,9-12H2,(H,23,27). The van der Waals surface area contributed by atoms with E-state index in [0.29, 0.717) is 22.8 Å². The zero-order valence-corrected chi connectivity index (χ0v) is 15.8. The fourth-order valence-electron chi connectivity index (χ4n) is 3.52. The molecule has 0 bridgehead atoms.